The van der Waals surface area contributed by atoms with E-state index in [1.807, 2.05) is 45.9 Å². The van der Waals surface area contributed by atoms with Crippen LogP contribution >= 0.6 is 24.0 Å². The van der Waals surface area contributed by atoms with Crippen molar-refractivity contribution in [2.45, 2.75) is 179 Å². The SMILES string of the molecule is C.C.CC(=O)O.CC(C)(C)OC(=O)NCc1ccc(F)c(-c2ccncc2)c1.CC(C)(C)OC(=O)NCc1ccc(F)c(B(O)O)c1.CC(C)(C)OC(=O)NCc1ccc(F)c(C2CCNCC2)c1.CC(C)(C)OC(=O)NCc1ccc(F)cc1.Cc1ccncc1.I. The van der Waals surface area contributed by atoms with Crippen molar-refractivity contribution in [1.29, 1.82) is 0 Å². The van der Waals surface area contributed by atoms with E-state index in [0.29, 0.717) is 24.2 Å². The second-order valence-corrected chi connectivity index (χ2v) is 24.3. The predicted octanol–water partition coefficient (Wildman–Crippen LogP) is 14.0. The first-order chi connectivity index (χ1) is 41.9. The van der Waals surface area contributed by atoms with Gasteiger partial charge in [-0.05, 0) is 221 Å². The van der Waals surface area contributed by atoms with E-state index in [4.69, 9.17) is 38.9 Å². The van der Waals surface area contributed by atoms with Crippen molar-refractivity contribution in [3.05, 3.63) is 185 Å². The highest BCUT2D eigenvalue weighted by Gasteiger charge is 2.22. The van der Waals surface area contributed by atoms with Crippen LogP contribution in [0.5, 0.6) is 0 Å². The lowest BCUT2D eigenvalue weighted by molar-refractivity contribution is -0.134. The summed E-state index contributed by atoms with van der Waals surface area (Å²) in [4.78, 5) is 62.8. The number of alkyl carbamates (subject to hydrolysis) is 4. The highest BCUT2D eigenvalue weighted by Crippen LogP contribution is 2.29. The van der Waals surface area contributed by atoms with E-state index >= 15 is 0 Å². The molecule has 514 valence electrons. The van der Waals surface area contributed by atoms with Crippen LogP contribution in [0, 0.1) is 30.2 Å². The lowest BCUT2D eigenvalue weighted by Crippen LogP contribution is -2.34. The van der Waals surface area contributed by atoms with Crippen molar-refractivity contribution >= 4 is 66.9 Å². The monoisotopic (exact) mass is 1420 g/mol. The van der Waals surface area contributed by atoms with Gasteiger partial charge in [-0.25, -0.2) is 36.7 Å². The third-order valence-corrected chi connectivity index (χ3v) is 11.3. The van der Waals surface area contributed by atoms with Gasteiger partial charge in [-0.2, -0.15) is 0 Å². The van der Waals surface area contributed by atoms with E-state index in [2.05, 4.69) is 36.6 Å². The number of nitrogens with one attached hydrogen (secondary N) is 5. The molecule has 3 heterocycles. The number of hydrogen-bond donors (Lipinski definition) is 8. The third-order valence-electron chi connectivity index (χ3n) is 11.3. The van der Waals surface area contributed by atoms with Crippen molar-refractivity contribution in [2.75, 3.05) is 13.1 Å². The first-order valence-electron chi connectivity index (χ1n) is 28.9. The van der Waals surface area contributed by atoms with Crippen LogP contribution in [0.15, 0.2) is 128 Å². The number of piperidine rings is 1. The van der Waals surface area contributed by atoms with Crippen molar-refractivity contribution in [3.63, 3.8) is 0 Å². The van der Waals surface area contributed by atoms with Gasteiger partial charge in [0.1, 0.15) is 45.7 Å². The highest BCUT2D eigenvalue weighted by atomic mass is 127. The van der Waals surface area contributed by atoms with E-state index in [-0.39, 0.29) is 80.8 Å². The van der Waals surface area contributed by atoms with Crippen molar-refractivity contribution in [2.24, 2.45) is 0 Å². The first-order valence-corrected chi connectivity index (χ1v) is 28.9. The molecule has 4 amide bonds. The highest BCUT2D eigenvalue weighted by molar-refractivity contribution is 14.0. The molecule has 7 rings (SSSR count). The van der Waals surface area contributed by atoms with E-state index < -0.39 is 65.7 Å². The number of amides is 4. The number of benzene rings is 4. The molecule has 0 atom stereocenters. The van der Waals surface area contributed by atoms with Crippen LogP contribution in [-0.4, -0.2) is 98.1 Å². The van der Waals surface area contributed by atoms with Gasteiger partial charge in [0.15, 0.2) is 0 Å². The summed E-state index contributed by atoms with van der Waals surface area (Å²) in [5, 5.41) is 39.1. The molecule has 0 radical (unpaired) electrons. The standard InChI is InChI=1S/C17H25FN2O2.C17H19FN2O2.C12H17BFNO4.C12H16FNO2.C6H7N.C2H4O2.2CH4.HI/c2*1-17(2,3)22-16(21)20-11-12-4-5-15(18)14(10-12)13-6-8-19-9-7-13;1-12(2,3)19-11(16)15-7-8-4-5-10(14)9(6-8)13(17)18;1-12(2,3)16-11(15)14-8-9-4-6-10(13)7-5-9;1-6-2-4-7-5-3-6;1-2(3)4;;;/h4-5,10,13,19H,6-9,11H2,1-3H3,(H,20,21);4-10H,11H2,1-3H3,(H,20,21);4-6,17-18H,7H2,1-3H3,(H,15,16);4-7H,8H2,1-3H3,(H,14,15);2-5H,1H3;1H3,(H,3,4);2*1H4;1H. The number of carboxylic acid groups (broad SMARTS) is 1. The number of aryl methyl sites for hydroxylation is 1. The maximum atomic E-state index is 14.0. The summed E-state index contributed by atoms with van der Waals surface area (Å²) in [6.07, 6.45) is 6.66. The quantitative estimate of drug-likeness (QED) is 0.0259. The molecular weight excluding hydrogens is 1320 g/mol. The molecule has 0 unspecified atom stereocenters. The van der Waals surface area contributed by atoms with Gasteiger partial charge < -0.3 is 60.7 Å². The van der Waals surface area contributed by atoms with Crippen molar-refractivity contribution < 1.29 is 75.6 Å². The molecule has 1 aliphatic rings. The molecule has 1 fully saturated rings. The molecule has 19 nitrogen and oxygen atoms in total. The molecule has 1 saturated heterocycles. The Morgan fingerprint density at radius 2 is 0.849 bits per heavy atom. The number of carbonyl (C=O) groups is 5. The minimum atomic E-state index is -1.89. The fourth-order valence-electron chi connectivity index (χ4n) is 7.47. The summed E-state index contributed by atoms with van der Waals surface area (Å²) in [5.74, 6) is -2.06. The normalized spacial score (nSPS) is 11.6. The van der Waals surface area contributed by atoms with Gasteiger partial charge in [-0.15, -0.1) is 24.0 Å². The molecule has 2 aromatic heterocycles. The number of carboxylic acids is 1. The van der Waals surface area contributed by atoms with Crippen LogP contribution in [0.3, 0.4) is 0 Å². The molecule has 0 saturated carbocycles. The van der Waals surface area contributed by atoms with E-state index in [1.165, 1.54) is 42.0 Å². The van der Waals surface area contributed by atoms with Gasteiger partial charge in [0.2, 0.25) is 0 Å². The Balaban J connectivity index is 0. The summed E-state index contributed by atoms with van der Waals surface area (Å²) in [5.41, 5.74) is 3.87. The zero-order chi connectivity index (χ0) is 67.8. The number of nitrogens with zero attached hydrogens (tertiary/aromatic N) is 2. The Hall–Kier alpha value is -7.88. The summed E-state index contributed by atoms with van der Waals surface area (Å²) >= 11 is 0. The minimum absolute atomic E-state index is 0. The number of carbonyl (C=O) groups excluding carboxylic acids is 4. The summed E-state index contributed by atoms with van der Waals surface area (Å²) < 4.78 is 74.3. The van der Waals surface area contributed by atoms with Gasteiger partial charge in [-0.1, -0.05) is 57.3 Å². The average Bonchev–Trinajstić information content (AvgIpc) is 1.19. The fourth-order valence-corrected chi connectivity index (χ4v) is 7.47. The minimum Gasteiger partial charge on any atom is -0.481 e. The number of aliphatic carboxylic acids is 1. The smallest absolute Gasteiger partial charge is 0.481 e. The van der Waals surface area contributed by atoms with Crippen LogP contribution < -0.4 is 32.0 Å². The Labute approximate surface area is 564 Å². The Morgan fingerprint density at radius 3 is 1.22 bits per heavy atom. The van der Waals surface area contributed by atoms with Crippen LogP contribution in [0.2, 0.25) is 0 Å². The molecule has 0 bridgehead atoms. The largest absolute Gasteiger partial charge is 0.491 e. The summed E-state index contributed by atoms with van der Waals surface area (Å²) in [7, 11) is -1.89. The van der Waals surface area contributed by atoms with Gasteiger partial charge in [-0.3, -0.25) is 14.8 Å². The van der Waals surface area contributed by atoms with Crippen molar-refractivity contribution in [3.8, 4) is 11.1 Å². The van der Waals surface area contributed by atoms with Crippen LogP contribution in [0.1, 0.15) is 157 Å². The maximum absolute atomic E-state index is 14.0. The molecule has 0 spiro atoms. The maximum Gasteiger partial charge on any atom is 0.491 e. The lowest BCUT2D eigenvalue weighted by Gasteiger charge is -2.24. The van der Waals surface area contributed by atoms with Gasteiger partial charge >= 0.3 is 31.5 Å². The Bertz CT molecular complexity index is 3160. The number of aromatic nitrogens is 2. The zero-order valence-corrected chi connectivity index (χ0v) is 56.6. The third kappa shape index (κ3) is 41.4. The zero-order valence-electron chi connectivity index (χ0n) is 54.3. The molecule has 8 N–H and O–H groups in total. The number of halogens is 5. The molecular formula is C68H97BF4IN7O12. The van der Waals surface area contributed by atoms with E-state index in [9.17, 15) is 36.7 Å². The predicted molar refractivity (Wildman–Crippen MR) is 367 cm³/mol. The molecule has 0 aliphatic carbocycles. The average molecular weight is 1420 g/mol. The lowest BCUT2D eigenvalue weighted by atomic mass is 9.79. The van der Waals surface area contributed by atoms with E-state index in [0.717, 1.165) is 66.7 Å². The second kappa shape index (κ2) is 43.1. The number of pyridine rings is 2. The molecule has 6 aromatic rings. The molecule has 1 aliphatic heterocycles. The molecule has 93 heavy (non-hydrogen) atoms. The first kappa shape index (κ1) is 87.2. The topological polar surface area (TPSA) is 269 Å². The van der Waals surface area contributed by atoms with Gasteiger partial charge in [0.25, 0.3) is 5.97 Å². The Morgan fingerprint density at radius 1 is 0.516 bits per heavy atom. The molecule has 4 aromatic carbocycles. The summed E-state index contributed by atoms with van der Waals surface area (Å²) in [6, 6.07) is 27.0. The fraction of sp³-hybridized carbons (Fsp3) is 0.426. The van der Waals surface area contributed by atoms with E-state index in [1.54, 1.807) is 130 Å². The van der Waals surface area contributed by atoms with Crippen molar-refractivity contribution in [1.82, 2.24) is 36.6 Å². The van der Waals surface area contributed by atoms with Crippen LogP contribution in [-0.2, 0) is 49.9 Å². The number of rotatable bonds is 11. The molecule has 25 heteroatoms. The van der Waals surface area contributed by atoms with Gasteiger partial charge in [0.05, 0.1) is 0 Å². The Kier molecular flexibility index (Phi) is 40.4. The number of hydrogen-bond acceptors (Lipinski definition) is 14. The van der Waals surface area contributed by atoms with Gasteiger partial charge in [0, 0.05) is 68.9 Å². The summed E-state index contributed by atoms with van der Waals surface area (Å²) in [6.45, 7) is 27.5. The second-order valence-electron chi connectivity index (χ2n) is 24.3. The van der Waals surface area contributed by atoms with Crippen LogP contribution in [0.25, 0.3) is 11.1 Å². The number of ether oxygens (including phenoxy) is 4. The van der Waals surface area contributed by atoms with Crippen LogP contribution in [0.4, 0.5) is 36.7 Å².